The quantitative estimate of drug-likeness (QED) is 0.593. The Balaban J connectivity index is 1.66. The van der Waals surface area contributed by atoms with Gasteiger partial charge in [0.2, 0.25) is 5.89 Å². The van der Waals surface area contributed by atoms with Gasteiger partial charge < -0.3 is 4.42 Å². The molecule has 0 bridgehead atoms. The van der Waals surface area contributed by atoms with Gasteiger partial charge in [-0.05, 0) is 17.7 Å². The minimum Gasteiger partial charge on any atom is -0.444 e. The van der Waals surface area contributed by atoms with E-state index in [-0.39, 0.29) is 5.69 Å². The first kappa shape index (κ1) is 13.8. The van der Waals surface area contributed by atoms with Crippen LogP contribution >= 0.6 is 0 Å². The Morgan fingerprint density at radius 3 is 2.45 bits per heavy atom. The monoisotopic (exact) mass is 291 g/mol. The Labute approximate surface area is 127 Å². The number of carbonyl (C=O) groups excluding carboxylic acids is 1. The molecular weight excluding hydrogens is 278 g/mol. The van der Waals surface area contributed by atoms with Crippen LogP contribution in [0.5, 0.6) is 0 Å². The molecule has 0 aliphatic heterocycles. The highest BCUT2D eigenvalue weighted by Gasteiger charge is 2.12. The smallest absolute Gasteiger partial charge is 0.293 e. The van der Waals surface area contributed by atoms with Gasteiger partial charge in [-0.25, -0.2) is 10.4 Å². The highest BCUT2D eigenvalue weighted by atomic mass is 16.3. The Morgan fingerprint density at radius 1 is 1.05 bits per heavy atom. The standard InChI is InChI=1S/C17H13N3O2/c21-16(20-18-11-13-7-3-1-4-8-13)15-12-22-17(19-15)14-9-5-2-6-10-14/h1-12H,(H,20,21). The van der Waals surface area contributed by atoms with Crippen LogP contribution in [0.4, 0.5) is 0 Å². The molecule has 1 heterocycles. The molecule has 1 amide bonds. The number of hydrazone groups is 1. The minimum absolute atomic E-state index is 0.184. The number of amides is 1. The zero-order valence-corrected chi connectivity index (χ0v) is 11.6. The molecule has 0 fully saturated rings. The predicted octanol–water partition coefficient (Wildman–Crippen LogP) is 3.11. The third-order valence-corrected chi connectivity index (χ3v) is 2.94. The van der Waals surface area contributed by atoms with Crippen molar-refractivity contribution in [2.75, 3.05) is 0 Å². The van der Waals surface area contributed by atoms with Crippen molar-refractivity contribution >= 4 is 12.1 Å². The fourth-order valence-electron chi connectivity index (χ4n) is 1.85. The molecule has 5 nitrogen and oxygen atoms in total. The number of carbonyl (C=O) groups is 1. The molecule has 5 heteroatoms. The van der Waals surface area contributed by atoms with Gasteiger partial charge in [0.15, 0.2) is 5.69 Å². The van der Waals surface area contributed by atoms with Gasteiger partial charge >= 0.3 is 0 Å². The van der Waals surface area contributed by atoms with Gasteiger partial charge in [-0.2, -0.15) is 5.10 Å². The second-order valence-corrected chi connectivity index (χ2v) is 4.51. The molecule has 0 spiro atoms. The Hall–Kier alpha value is -3.21. The number of benzene rings is 2. The number of oxazole rings is 1. The van der Waals surface area contributed by atoms with Gasteiger partial charge in [-0.1, -0.05) is 48.5 Å². The van der Waals surface area contributed by atoms with Gasteiger partial charge in [0.05, 0.1) is 6.21 Å². The van der Waals surface area contributed by atoms with E-state index in [1.807, 2.05) is 60.7 Å². The van der Waals surface area contributed by atoms with Crippen LogP contribution in [-0.4, -0.2) is 17.1 Å². The van der Waals surface area contributed by atoms with E-state index in [1.165, 1.54) is 6.26 Å². The van der Waals surface area contributed by atoms with Crippen molar-refractivity contribution in [3.8, 4) is 11.5 Å². The Kier molecular flexibility index (Phi) is 4.06. The van der Waals surface area contributed by atoms with Crippen LogP contribution in [0.25, 0.3) is 11.5 Å². The van der Waals surface area contributed by atoms with Crippen LogP contribution < -0.4 is 5.43 Å². The topological polar surface area (TPSA) is 67.5 Å². The van der Waals surface area contributed by atoms with E-state index < -0.39 is 5.91 Å². The number of nitrogens with zero attached hydrogens (tertiary/aromatic N) is 2. The maximum absolute atomic E-state index is 11.9. The van der Waals surface area contributed by atoms with Gasteiger partial charge in [-0.15, -0.1) is 0 Å². The molecule has 3 rings (SSSR count). The van der Waals surface area contributed by atoms with Crippen molar-refractivity contribution < 1.29 is 9.21 Å². The lowest BCUT2D eigenvalue weighted by Gasteiger charge is -1.95. The molecule has 0 aliphatic rings. The van der Waals surface area contributed by atoms with Crippen molar-refractivity contribution in [1.82, 2.24) is 10.4 Å². The summed E-state index contributed by atoms with van der Waals surface area (Å²) in [6, 6.07) is 18.9. The number of hydrogen-bond acceptors (Lipinski definition) is 4. The fourth-order valence-corrected chi connectivity index (χ4v) is 1.85. The normalized spacial score (nSPS) is 10.7. The highest BCUT2D eigenvalue weighted by molar-refractivity contribution is 5.93. The van der Waals surface area contributed by atoms with E-state index in [4.69, 9.17) is 4.42 Å². The third-order valence-electron chi connectivity index (χ3n) is 2.94. The first-order chi connectivity index (χ1) is 10.8. The summed E-state index contributed by atoms with van der Waals surface area (Å²) in [5.74, 6) is -0.0177. The van der Waals surface area contributed by atoms with E-state index in [9.17, 15) is 4.79 Å². The predicted molar refractivity (Wildman–Crippen MR) is 83.4 cm³/mol. The van der Waals surface area contributed by atoms with Crippen LogP contribution in [0.15, 0.2) is 76.4 Å². The first-order valence-electron chi connectivity index (χ1n) is 6.72. The first-order valence-corrected chi connectivity index (χ1v) is 6.72. The molecule has 3 aromatic rings. The highest BCUT2D eigenvalue weighted by Crippen LogP contribution is 2.17. The summed E-state index contributed by atoms with van der Waals surface area (Å²) < 4.78 is 5.31. The van der Waals surface area contributed by atoms with Gasteiger partial charge in [0, 0.05) is 5.56 Å². The SMILES string of the molecule is O=C(NN=Cc1ccccc1)c1coc(-c2ccccc2)n1. The van der Waals surface area contributed by atoms with Gasteiger partial charge in [0.25, 0.3) is 5.91 Å². The zero-order chi connectivity index (χ0) is 15.2. The van der Waals surface area contributed by atoms with Crippen molar-refractivity contribution in [2.24, 2.45) is 5.10 Å². The maximum Gasteiger partial charge on any atom is 0.293 e. The molecule has 0 aliphatic carbocycles. The average Bonchev–Trinajstić information content (AvgIpc) is 3.07. The molecule has 1 N–H and O–H groups in total. The summed E-state index contributed by atoms with van der Waals surface area (Å²) >= 11 is 0. The molecule has 0 radical (unpaired) electrons. The summed E-state index contributed by atoms with van der Waals surface area (Å²) in [6.07, 6.45) is 2.88. The lowest BCUT2D eigenvalue weighted by atomic mass is 10.2. The summed E-state index contributed by atoms with van der Waals surface area (Å²) in [7, 11) is 0. The van der Waals surface area contributed by atoms with E-state index >= 15 is 0 Å². The molecule has 22 heavy (non-hydrogen) atoms. The zero-order valence-electron chi connectivity index (χ0n) is 11.6. The minimum atomic E-state index is -0.418. The Morgan fingerprint density at radius 2 is 1.73 bits per heavy atom. The third kappa shape index (κ3) is 3.27. The molecule has 0 unspecified atom stereocenters. The van der Waals surface area contributed by atoms with Gasteiger partial charge in [-0.3, -0.25) is 4.79 Å². The Bertz CT molecular complexity index is 780. The van der Waals surface area contributed by atoms with Crippen LogP contribution in [-0.2, 0) is 0 Å². The second-order valence-electron chi connectivity index (χ2n) is 4.51. The molecule has 1 aromatic heterocycles. The summed E-state index contributed by atoms with van der Waals surface area (Å²) in [6.45, 7) is 0. The molecule has 0 saturated heterocycles. The van der Waals surface area contributed by atoms with Crippen molar-refractivity contribution in [2.45, 2.75) is 0 Å². The van der Waals surface area contributed by atoms with E-state index in [2.05, 4.69) is 15.5 Å². The van der Waals surface area contributed by atoms with E-state index in [0.29, 0.717) is 5.89 Å². The van der Waals surface area contributed by atoms with Crippen molar-refractivity contribution in [3.63, 3.8) is 0 Å². The van der Waals surface area contributed by atoms with Gasteiger partial charge in [0.1, 0.15) is 6.26 Å². The van der Waals surface area contributed by atoms with Crippen LogP contribution in [0.3, 0.4) is 0 Å². The van der Waals surface area contributed by atoms with E-state index in [1.54, 1.807) is 6.21 Å². The number of hydrogen-bond donors (Lipinski definition) is 1. The number of nitrogens with one attached hydrogen (secondary N) is 1. The summed E-state index contributed by atoms with van der Waals surface area (Å²) in [4.78, 5) is 16.1. The lowest BCUT2D eigenvalue weighted by Crippen LogP contribution is -2.17. The van der Waals surface area contributed by atoms with Crippen molar-refractivity contribution in [3.05, 3.63) is 78.2 Å². The largest absolute Gasteiger partial charge is 0.444 e. The summed E-state index contributed by atoms with van der Waals surface area (Å²) in [5.41, 5.74) is 4.31. The van der Waals surface area contributed by atoms with E-state index in [0.717, 1.165) is 11.1 Å². The van der Waals surface area contributed by atoms with Crippen LogP contribution in [0.2, 0.25) is 0 Å². The van der Waals surface area contributed by atoms with Crippen LogP contribution in [0.1, 0.15) is 16.1 Å². The fraction of sp³-hybridized carbons (Fsp3) is 0. The second kappa shape index (κ2) is 6.49. The molecule has 0 atom stereocenters. The number of rotatable bonds is 4. The van der Waals surface area contributed by atoms with Crippen molar-refractivity contribution in [1.29, 1.82) is 0 Å². The molecular formula is C17H13N3O2. The molecule has 108 valence electrons. The molecule has 0 saturated carbocycles. The summed E-state index contributed by atoms with van der Waals surface area (Å²) in [5, 5.41) is 3.89. The average molecular weight is 291 g/mol. The lowest BCUT2D eigenvalue weighted by molar-refractivity contribution is 0.0950. The molecule has 2 aromatic carbocycles. The number of aromatic nitrogens is 1. The van der Waals surface area contributed by atoms with Crippen LogP contribution in [0, 0.1) is 0 Å². The maximum atomic E-state index is 11.9.